The predicted molar refractivity (Wildman–Crippen MR) is 140 cm³/mol. The smallest absolute Gasteiger partial charge is 0.253 e. The molecule has 3 aromatic carbocycles. The highest BCUT2D eigenvalue weighted by molar-refractivity contribution is 7.92. The molecule has 3 rings (SSSR count). The van der Waals surface area contributed by atoms with Gasteiger partial charge in [-0.1, -0.05) is 67.1 Å². The van der Waals surface area contributed by atoms with Gasteiger partial charge in [-0.2, -0.15) is 0 Å². The summed E-state index contributed by atoms with van der Waals surface area (Å²) in [5.41, 5.74) is 2.94. The minimum Gasteiger partial charge on any atom is -0.345 e. The molecule has 0 bridgehead atoms. The van der Waals surface area contributed by atoms with Gasteiger partial charge in [0.05, 0.1) is 29.2 Å². The van der Waals surface area contributed by atoms with Crippen LogP contribution in [0.15, 0.2) is 78.9 Å². The van der Waals surface area contributed by atoms with Crippen LogP contribution in [0.3, 0.4) is 0 Å². The molecule has 3 aromatic rings. The first kappa shape index (κ1) is 26.0. The second-order valence-corrected chi connectivity index (χ2v) is 10.3. The zero-order valence-electron chi connectivity index (χ0n) is 20.4. The van der Waals surface area contributed by atoms with Gasteiger partial charge in [0.2, 0.25) is 15.9 Å². The van der Waals surface area contributed by atoms with Crippen molar-refractivity contribution in [3.8, 4) is 0 Å². The van der Waals surface area contributed by atoms with E-state index in [-0.39, 0.29) is 18.4 Å². The Bertz CT molecular complexity index is 1280. The summed E-state index contributed by atoms with van der Waals surface area (Å²) in [5.74, 6) is -0.862. The number of nitrogens with zero attached hydrogens (tertiary/aromatic N) is 1. The lowest BCUT2D eigenvalue weighted by Gasteiger charge is -2.30. The molecule has 0 spiro atoms. The van der Waals surface area contributed by atoms with E-state index in [1.807, 2.05) is 44.2 Å². The molecule has 184 valence electrons. The summed E-state index contributed by atoms with van der Waals surface area (Å²) in [7, 11) is -3.76. The molecule has 2 N–H and O–H groups in total. The summed E-state index contributed by atoms with van der Waals surface area (Å²) in [4.78, 5) is 26.4. The van der Waals surface area contributed by atoms with E-state index in [1.54, 1.807) is 55.5 Å². The van der Waals surface area contributed by atoms with Crippen molar-refractivity contribution in [1.82, 2.24) is 5.32 Å². The Morgan fingerprint density at radius 3 is 2.11 bits per heavy atom. The van der Waals surface area contributed by atoms with Crippen molar-refractivity contribution < 1.29 is 18.0 Å². The third-order valence-corrected chi connectivity index (χ3v) is 6.87. The molecule has 35 heavy (non-hydrogen) atoms. The van der Waals surface area contributed by atoms with Gasteiger partial charge in [0.25, 0.3) is 5.91 Å². The molecular weight excluding hydrogens is 462 g/mol. The molecule has 0 saturated carbocycles. The molecule has 0 aliphatic carbocycles. The van der Waals surface area contributed by atoms with E-state index in [0.29, 0.717) is 16.9 Å². The third kappa shape index (κ3) is 6.48. The van der Waals surface area contributed by atoms with Crippen LogP contribution in [-0.4, -0.2) is 32.5 Å². The maximum atomic E-state index is 13.3. The maximum Gasteiger partial charge on any atom is 0.253 e. The molecule has 0 saturated heterocycles. The van der Waals surface area contributed by atoms with Crippen molar-refractivity contribution in [2.75, 3.05) is 15.9 Å². The number of para-hydroxylation sites is 1. The highest BCUT2D eigenvalue weighted by Crippen LogP contribution is 2.25. The number of hydrogen-bond donors (Lipinski definition) is 2. The topological polar surface area (TPSA) is 95.6 Å². The summed E-state index contributed by atoms with van der Waals surface area (Å²) in [6.07, 6.45) is 1.32. The number of rotatable bonds is 9. The first-order chi connectivity index (χ1) is 16.6. The number of nitrogens with one attached hydrogen (secondary N) is 2. The van der Waals surface area contributed by atoms with Gasteiger partial charge in [-0.15, -0.1) is 0 Å². The SMILES string of the molecule is CC[C@@H](C(=O)Nc1ccccc1C(=O)N[C@H](C)c1ccccc1)N(c1ccc(C)cc1)S(C)(=O)=O. The van der Waals surface area contributed by atoms with Crippen LogP contribution in [0.5, 0.6) is 0 Å². The third-order valence-electron chi connectivity index (χ3n) is 5.69. The van der Waals surface area contributed by atoms with Gasteiger partial charge in [-0.3, -0.25) is 13.9 Å². The lowest BCUT2D eigenvalue weighted by molar-refractivity contribution is -0.117. The van der Waals surface area contributed by atoms with Gasteiger partial charge in [0.1, 0.15) is 6.04 Å². The average molecular weight is 494 g/mol. The molecule has 8 heteroatoms. The zero-order valence-corrected chi connectivity index (χ0v) is 21.2. The molecule has 7 nitrogen and oxygen atoms in total. The summed E-state index contributed by atoms with van der Waals surface area (Å²) in [6.45, 7) is 5.53. The first-order valence-corrected chi connectivity index (χ1v) is 13.3. The van der Waals surface area contributed by atoms with E-state index >= 15 is 0 Å². The van der Waals surface area contributed by atoms with Crippen LogP contribution in [0.1, 0.15) is 47.8 Å². The van der Waals surface area contributed by atoms with Crippen LogP contribution in [0.4, 0.5) is 11.4 Å². The van der Waals surface area contributed by atoms with Gasteiger partial charge in [-0.05, 0) is 50.1 Å². The van der Waals surface area contributed by atoms with E-state index in [9.17, 15) is 18.0 Å². The molecule has 0 aliphatic heterocycles. The summed E-state index contributed by atoms with van der Waals surface area (Å²) in [6, 6.07) is 22.0. The Labute approximate surface area is 207 Å². The van der Waals surface area contributed by atoms with Crippen LogP contribution in [0.25, 0.3) is 0 Å². The molecule has 0 unspecified atom stereocenters. The van der Waals surface area contributed by atoms with E-state index in [2.05, 4.69) is 10.6 Å². The first-order valence-electron chi connectivity index (χ1n) is 11.4. The highest BCUT2D eigenvalue weighted by atomic mass is 32.2. The van der Waals surface area contributed by atoms with Crippen LogP contribution in [-0.2, 0) is 14.8 Å². The van der Waals surface area contributed by atoms with E-state index < -0.39 is 22.0 Å². The number of sulfonamides is 1. The van der Waals surface area contributed by atoms with Gasteiger partial charge in [0.15, 0.2) is 0 Å². The van der Waals surface area contributed by atoms with Gasteiger partial charge >= 0.3 is 0 Å². The Morgan fingerprint density at radius 2 is 1.51 bits per heavy atom. The Hall–Kier alpha value is -3.65. The van der Waals surface area contributed by atoms with Crippen molar-refractivity contribution in [2.24, 2.45) is 0 Å². The molecular formula is C27H31N3O4S. The summed E-state index contributed by atoms with van der Waals surface area (Å²) < 4.78 is 26.5. The molecule has 0 heterocycles. The number of aryl methyl sites for hydroxylation is 1. The number of amides is 2. The lowest BCUT2D eigenvalue weighted by atomic mass is 10.1. The molecule has 2 amide bonds. The second kappa shape index (κ2) is 11.2. The molecule has 0 radical (unpaired) electrons. The van der Waals surface area contributed by atoms with E-state index in [4.69, 9.17) is 0 Å². The lowest BCUT2D eigenvalue weighted by Crippen LogP contribution is -2.47. The van der Waals surface area contributed by atoms with Crippen molar-refractivity contribution in [3.63, 3.8) is 0 Å². The average Bonchev–Trinajstić information content (AvgIpc) is 2.83. The standard InChI is InChI=1S/C27H31N3O4S/c1-5-25(30(35(4,33)34)22-17-15-19(2)16-18-22)27(32)29-24-14-10-9-13-23(24)26(31)28-20(3)21-11-7-6-8-12-21/h6-18,20,25H,5H2,1-4H3,(H,28,31)(H,29,32)/t20-,25+/m1/s1. The van der Waals surface area contributed by atoms with Crippen LogP contribution >= 0.6 is 0 Å². The van der Waals surface area contributed by atoms with E-state index in [1.165, 1.54) is 0 Å². The number of hydrogen-bond acceptors (Lipinski definition) is 4. The number of anilines is 2. The number of carbonyl (C=O) groups excluding carboxylic acids is 2. The van der Waals surface area contributed by atoms with Gasteiger partial charge in [0, 0.05) is 0 Å². The fraction of sp³-hybridized carbons (Fsp3) is 0.259. The molecule has 2 atom stereocenters. The normalized spacial score (nSPS) is 12.9. The van der Waals surface area contributed by atoms with E-state index in [0.717, 1.165) is 21.7 Å². The number of carbonyl (C=O) groups is 2. The minimum atomic E-state index is -3.76. The Morgan fingerprint density at radius 1 is 0.914 bits per heavy atom. The van der Waals surface area contributed by atoms with Gasteiger partial charge < -0.3 is 10.6 Å². The maximum absolute atomic E-state index is 13.3. The quantitative estimate of drug-likeness (QED) is 0.453. The van der Waals surface area contributed by atoms with Crippen LogP contribution in [0, 0.1) is 6.92 Å². The molecule has 0 fully saturated rings. The summed E-state index contributed by atoms with van der Waals surface area (Å²) >= 11 is 0. The molecule has 0 aliphatic rings. The monoisotopic (exact) mass is 493 g/mol. The fourth-order valence-electron chi connectivity index (χ4n) is 3.86. The van der Waals surface area contributed by atoms with Crippen molar-refractivity contribution >= 4 is 33.2 Å². The largest absolute Gasteiger partial charge is 0.345 e. The second-order valence-electron chi connectivity index (χ2n) is 8.46. The Kier molecular flexibility index (Phi) is 8.30. The number of benzene rings is 3. The Balaban J connectivity index is 1.85. The molecule has 0 aromatic heterocycles. The van der Waals surface area contributed by atoms with Crippen molar-refractivity contribution in [1.29, 1.82) is 0 Å². The summed E-state index contributed by atoms with van der Waals surface area (Å²) in [5, 5.41) is 5.73. The fourth-order valence-corrected chi connectivity index (χ4v) is 5.07. The zero-order chi connectivity index (χ0) is 25.6. The van der Waals surface area contributed by atoms with Crippen molar-refractivity contribution in [3.05, 3.63) is 95.6 Å². The predicted octanol–water partition coefficient (Wildman–Crippen LogP) is 4.67. The van der Waals surface area contributed by atoms with Crippen LogP contribution < -0.4 is 14.9 Å². The van der Waals surface area contributed by atoms with Crippen molar-refractivity contribution in [2.45, 2.75) is 39.3 Å². The highest BCUT2D eigenvalue weighted by Gasteiger charge is 2.32. The van der Waals surface area contributed by atoms with Gasteiger partial charge in [-0.25, -0.2) is 8.42 Å². The van der Waals surface area contributed by atoms with Crippen LogP contribution in [0.2, 0.25) is 0 Å². The minimum absolute atomic E-state index is 0.238.